The van der Waals surface area contributed by atoms with Gasteiger partial charge >= 0.3 is 6.09 Å². The summed E-state index contributed by atoms with van der Waals surface area (Å²) < 4.78 is 5.46. The van der Waals surface area contributed by atoms with Crippen molar-refractivity contribution in [1.29, 1.82) is 0 Å². The van der Waals surface area contributed by atoms with Gasteiger partial charge in [-0.3, -0.25) is 9.69 Å². The number of ether oxygens (including phenoxy) is 1. The van der Waals surface area contributed by atoms with Crippen molar-refractivity contribution in [3.05, 3.63) is 35.4 Å². The van der Waals surface area contributed by atoms with Gasteiger partial charge in [0.25, 0.3) is 0 Å². The van der Waals surface area contributed by atoms with Crippen LogP contribution in [0.1, 0.15) is 44.9 Å². The first kappa shape index (κ1) is 16.3. The predicted octanol–water partition coefficient (Wildman–Crippen LogP) is 2.79. The summed E-state index contributed by atoms with van der Waals surface area (Å²) in [5, 5.41) is 2.90. The molecule has 1 fully saturated rings. The Morgan fingerprint density at radius 3 is 2.41 bits per heavy atom. The van der Waals surface area contributed by atoms with Gasteiger partial charge in [-0.05, 0) is 40.2 Å². The van der Waals surface area contributed by atoms with Gasteiger partial charge < -0.3 is 10.1 Å². The lowest BCUT2D eigenvalue weighted by Crippen LogP contribution is -2.57. The lowest BCUT2D eigenvalue weighted by molar-refractivity contribution is -0.130. The molecule has 1 unspecified atom stereocenters. The molecule has 0 spiro atoms. The van der Waals surface area contributed by atoms with Gasteiger partial charge in [0, 0.05) is 12.6 Å². The molecule has 0 aliphatic carbocycles. The van der Waals surface area contributed by atoms with Crippen LogP contribution in [0.3, 0.4) is 0 Å². The maximum atomic E-state index is 12.5. The van der Waals surface area contributed by atoms with Crippen LogP contribution in [0.25, 0.3) is 0 Å². The number of aryl methyl sites for hydroxylation is 1. The maximum absolute atomic E-state index is 12.5. The first-order valence-corrected chi connectivity index (χ1v) is 7.54. The number of amides is 2. The summed E-state index contributed by atoms with van der Waals surface area (Å²) in [7, 11) is 0. The molecule has 0 radical (unpaired) electrons. The van der Waals surface area contributed by atoms with Gasteiger partial charge in [0.1, 0.15) is 11.6 Å². The van der Waals surface area contributed by atoms with E-state index in [9.17, 15) is 9.59 Å². The number of benzene rings is 1. The largest absolute Gasteiger partial charge is 0.444 e. The van der Waals surface area contributed by atoms with E-state index in [1.54, 1.807) is 0 Å². The highest BCUT2D eigenvalue weighted by molar-refractivity contribution is 5.88. The zero-order valence-electron chi connectivity index (χ0n) is 13.8. The smallest absolute Gasteiger partial charge is 0.411 e. The van der Waals surface area contributed by atoms with E-state index in [1.807, 2.05) is 58.9 Å². The molecule has 0 aromatic heterocycles. The van der Waals surface area contributed by atoms with Crippen LogP contribution in [0.5, 0.6) is 0 Å². The minimum atomic E-state index is -0.647. The zero-order valence-corrected chi connectivity index (χ0v) is 13.8. The SMILES string of the molecule is Cc1ccc(C2C(=O)N[C@H](C)CN2C(=O)OC(C)(C)C)cc1. The van der Waals surface area contributed by atoms with Gasteiger partial charge in [0.2, 0.25) is 5.91 Å². The van der Waals surface area contributed by atoms with Crippen molar-refractivity contribution in [1.82, 2.24) is 10.2 Å². The molecule has 1 heterocycles. The van der Waals surface area contributed by atoms with Gasteiger partial charge in [0.15, 0.2) is 0 Å². The molecule has 2 rings (SSSR count). The quantitative estimate of drug-likeness (QED) is 0.868. The van der Waals surface area contributed by atoms with E-state index in [2.05, 4.69) is 5.32 Å². The molecule has 1 aromatic carbocycles. The molecule has 0 saturated carbocycles. The number of nitrogens with one attached hydrogen (secondary N) is 1. The predicted molar refractivity (Wildman–Crippen MR) is 84.5 cm³/mol. The summed E-state index contributed by atoms with van der Waals surface area (Å²) in [4.78, 5) is 26.4. The third-order valence-corrected chi connectivity index (χ3v) is 3.44. The number of carbonyl (C=O) groups excluding carboxylic acids is 2. The molecule has 1 saturated heterocycles. The van der Waals surface area contributed by atoms with Gasteiger partial charge in [-0.25, -0.2) is 4.79 Å². The van der Waals surface area contributed by atoms with E-state index in [0.717, 1.165) is 11.1 Å². The normalized spacial score (nSPS) is 22.2. The second-order valence-electron chi connectivity index (χ2n) is 6.86. The topological polar surface area (TPSA) is 58.6 Å². The van der Waals surface area contributed by atoms with Crippen LogP contribution in [0.4, 0.5) is 4.79 Å². The van der Waals surface area contributed by atoms with Crippen molar-refractivity contribution in [2.75, 3.05) is 6.54 Å². The molecule has 2 atom stereocenters. The Bertz CT molecular complexity index is 560. The molecule has 1 aromatic rings. The van der Waals surface area contributed by atoms with Crippen molar-refractivity contribution in [3.63, 3.8) is 0 Å². The number of hydrogen-bond acceptors (Lipinski definition) is 3. The van der Waals surface area contributed by atoms with Crippen LogP contribution in [0.2, 0.25) is 0 Å². The summed E-state index contributed by atoms with van der Waals surface area (Å²) >= 11 is 0. The van der Waals surface area contributed by atoms with E-state index in [4.69, 9.17) is 4.74 Å². The van der Waals surface area contributed by atoms with Crippen molar-refractivity contribution < 1.29 is 14.3 Å². The molecular weight excluding hydrogens is 280 g/mol. The van der Waals surface area contributed by atoms with Gasteiger partial charge in [-0.1, -0.05) is 29.8 Å². The van der Waals surface area contributed by atoms with E-state index < -0.39 is 17.7 Å². The Morgan fingerprint density at radius 2 is 1.86 bits per heavy atom. The van der Waals surface area contributed by atoms with Gasteiger partial charge in [-0.2, -0.15) is 0 Å². The molecule has 5 nitrogen and oxygen atoms in total. The molecule has 1 aliphatic heterocycles. The minimum absolute atomic E-state index is 0.0956. The summed E-state index contributed by atoms with van der Waals surface area (Å²) in [5.41, 5.74) is 1.31. The van der Waals surface area contributed by atoms with Crippen LogP contribution < -0.4 is 5.32 Å². The second-order valence-corrected chi connectivity index (χ2v) is 6.86. The molecule has 1 aliphatic rings. The Kier molecular flexibility index (Phi) is 4.44. The molecule has 5 heteroatoms. The highest BCUT2D eigenvalue weighted by Gasteiger charge is 2.38. The number of piperazine rings is 1. The molecule has 2 amide bonds. The number of nitrogens with zero attached hydrogens (tertiary/aromatic N) is 1. The fourth-order valence-corrected chi connectivity index (χ4v) is 2.49. The van der Waals surface area contributed by atoms with Crippen molar-refractivity contribution in [2.45, 2.75) is 52.3 Å². The van der Waals surface area contributed by atoms with E-state index >= 15 is 0 Å². The number of carbonyl (C=O) groups is 2. The van der Waals surface area contributed by atoms with E-state index in [1.165, 1.54) is 4.90 Å². The third-order valence-electron chi connectivity index (χ3n) is 3.44. The third kappa shape index (κ3) is 3.78. The van der Waals surface area contributed by atoms with Crippen LogP contribution in [0, 0.1) is 6.92 Å². The maximum Gasteiger partial charge on any atom is 0.411 e. The standard InChI is InChI=1S/C17H24N2O3/c1-11-6-8-13(9-7-11)14-15(20)18-12(2)10-19(14)16(21)22-17(3,4)5/h6-9,12,14H,10H2,1-5H3,(H,18,20)/t12-,14?/m1/s1. The van der Waals surface area contributed by atoms with Crippen molar-refractivity contribution in [3.8, 4) is 0 Å². The molecular formula is C17H24N2O3. The lowest BCUT2D eigenvalue weighted by Gasteiger charge is -2.39. The Morgan fingerprint density at radius 1 is 1.27 bits per heavy atom. The van der Waals surface area contributed by atoms with E-state index in [0.29, 0.717) is 6.54 Å². The highest BCUT2D eigenvalue weighted by Crippen LogP contribution is 2.27. The van der Waals surface area contributed by atoms with Crippen molar-refractivity contribution >= 4 is 12.0 Å². The Hall–Kier alpha value is -2.04. The minimum Gasteiger partial charge on any atom is -0.444 e. The molecule has 22 heavy (non-hydrogen) atoms. The summed E-state index contributed by atoms with van der Waals surface area (Å²) in [6.07, 6.45) is -0.459. The van der Waals surface area contributed by atoms with E-state index in [-0.39, 0.29) is 11.9 Å². The van der Waals surface area contributed by atoms with Gasteiger partial charge in [0.05, 0.1) is 0 Å². The van der Waals surface area contributed by atoms with Crippen LogP contribution in [-0.4, -0.2) is 35.1 Å². The molecule has 1 N–H and O–H groups in total. The molecule has 120 valence electrons. The number of rotatable bonds is 1. The first-order valence-electron chi connectivity index (χ1n) is 7.54. The van der Waals surface area contributed by atoms with Gasteiger partial charge in [-0.15, -0.1) is 0 Å². The Labute approximate surface area is 131 Å². The fraction of sp³-hybridized carbons (Fsp3) is 0.529. The van der Waals surface area contributed by atoms with Crippen LogP contribution >= 0.6 is 0 Å². The highest BCUT2D eigenvalue weighted by atomic mass is 16.6. The average molecular weight is 304 g/mol. The number of hydrogen-bond donors (Lipinski definition) is 1. The Balaban J connectivity index is 2.31. The lowest BCUT2D eigenvalue weighted by atomic mass is 10.00. The van der Waals surface area contributed by atoms with Crippen molar-refractivity contribution in [2.24, 2.45) is 0 Å². The fourth-order valence-electron chi connectivity index (χ4n) is 2.49. The van der Waals surface area contributed by atoms with Crippen LogP contribution in [-0.2, 0) is 9.53 Å². The zero-order chi connectivity index (χ0) is 16.5. The summed E-state index contributed by atoms with van der Waals surface area (Å²) in [6.45, 7) is 9.75. The summed E-state index contributed by atoms with van der Waals surface area (Å²) in [6, 6.07) is 6.90. The first-order chi connectivity index (χ1) is 10.2. The molecule has 0 bridgehead atoms. The monoisotopic (exact) mass is 304 g/mol. The van der Waals surface area contributed by atoms with Crippen LogP contribution in [0.15, 0.2) is 24.3 Å². The summed E-state index contributed by atoms with van der Waals surface area (Å²) in [5.74, 6) is -0.173. The second kappa shape index (κ2) is 5.99. The average Bonchev–Trinajstić information content (AvgIpc) is 2.37.